The van der Waals surface area contributed by atoms with E-state index < -0.39 is 0 Å². The second kappa shape index (κ2) is 8.02. The first kappa shape index (κ1) is 16.6. The fourth-order valence-electron chi connectivity index (χ4n) is 3.09. The predicted molar refractivity (Wildman–Crippen MR) is 94.9 cm³/mol. The van der Waals surface area contributed by atoms with Crippen LogP contribution in [0.1, 0.15) is 47.3 Å². The van der Waals surface area contributed by atoms with Crippen LogP contribution in [0.4, 0.5) is 5.69 Å². The second-order valence-electron chi connectivity index (χ2n) is 6.37. The maximum atomic E-state index is 12.3. The summed E-state index contributed by atoms with van der Waals surface area (Å²) in [5.41, 5.74) is 3.28. The molecular formula is C19H24N4O. The molecule has 126 valence electrons. The maximum absolute atomic E-state index is 12.3. The first-order valence-electron chi connectivity index (χ1n) is 8.63. The number of nitrogens with zero attached hydrogens (tertiary/aromatic N) is 3. The van der Waals surface area contributed by atoms with E-state index >= 15 is 0 Å². The largest absolute Gasteiger partial charge is 0.322 e. The Balaban J connectivity index is 1.60. The van der Waals surface area contributed by atoms with Crippen molar-refractivity contribution in [2.45, 2.75) is 39.2 Å². The lowest BCUT2D eigenvalue weighted by molar-refractivity contribution is 0.102. The Morgan fingerprint density at radius 1 is 1.08 bits per heavy atom. The normalized spacial score (nSPS) is 15.7. The number of likely N-dealkylation sites (tertiary alicyclic amines) is 1. The van der Waals surface area contributed by atoms with Crippen LogP contribution in [0, 0.1) is 6.92 Å². The average Bonchev–Trinajstić information content (AvgIpc) is 2.86. The van der Waals surface area contributed by atoms with Crippen molar-refractivity contribution < 1.29 is 4.79 Å². The molecule has 0 spiro atoms. The van der Waals surface area contributed by atoms with E-state index in [0.29, 0.717) is 11.3 Å². The van der Waals surface area contributed by atoms with Crippen LogP contribution in [0.25, 0.3) is 0 Å². The molecule has 0 atom stereocenters. The molecule has 1 fully saturated rings. The number of rotatable bonds is 4. The van der Waals surface area contributed by atoms with Crippen molar-refractivity contribution in [3.05, 3.63) is 53.3 Å². The summed E-state index contributed by atoms with van der Waals surface area (Å²) >= 11 is 0. The van der Waals surface area contributed by atoms with E-state index in [4.69, 9.17) is 0 Å². The van der Waals surface area contributed by atoms with Crippen LogP contribution in [-0.2, 0) is 6.54 Å². The van der Waals surface area contributed by atoms with Crippen molar-refractivity contribution in [3.8, 4) is 0 Å². The Morgan fingerprint density at radius 3 is 2.46 bits per heavy atom. The Hall–Kier alpha value is -2.27. The molecule has 2 heterocycles. The van der Waals surface area contributed by atoms with Crippen LogP contribution >= 0.6 is 0 Å². The van der Waals surface area contributed by atoms with Crippen molar-refractivity contribution >= 4 is 11.6 Å². The monoisotopic (exact) mass is 324 g/mol. The molecular weight excluding hydrogens is 300 g/mol. The van der Waals surface area contributed by atoms with Crippen molar-refractivity contribution in [2.75, 3.05) is 18.4 Å². The Morgan fingerprint density at radius 2 is 1.79 bits per heavy atom. The zero-order valence-corrected chi connectivity index (χ0v) is 14.2. The summed E-state index contributed by atoms with van der Waals surface area (Å²) in [4.78, 5) is 14.8. The van der Waals surface area contributed by atoms with E-state index in [2.05, 4.69) is 32.5 Å². The lowest BCUT2D eigenvalue weighted by Crippen LogP contribution is -2.23. The number of carbonyl (C=O) groups excluding carboxylic acids is 1. The third-order valence-corrected chi connectivity index (χ3v) is 4.47. The number of aromatic nitrogens is 2. The number of amides is 1. The predicted octanol–water partition coefficient (Wildman–Crippen LogP) is 3.41. The van der Waals surface area contributed by atoms with E-state index in [0.717, 1.165) is 12.2 Å². The zero-order valence-electron chi connectivity index (χ0n) is 14.2. The molecule has 1 aliphatic rings. The summed E-state index contributed by atoms with van der Waals surface area (Å²) in [6, 6.07) is 9.81. The Labute approximate surface area is 143 Å². The minimum Gasteiger partial charge on any atom is -0.322 e. The van der Waals surface area contributed by atoms with Gasteiger partial charge >= 0.3 is 0 Å². The van der Waals surface area contributed by atoms with Crippen molar-refractivity contribution in [1.82, 2.24) is 15.1 Å². The molecule has 0 unspecified atom stereocenters. The highest BCUT2D eigenvalue weighted by atomic mass is 16.1. The smallest absolute Gasteiger partial charge is 0.257 e. The number of hydrogen-bond acceptors (Lipinski definition) is 4. The molecule has 1 amide bonds. The molecule has 0 saturated carbocycles. The molecule has 2 aromatic rings. The number of hydrogen-bond donors (Lipinski definition) is 1. The van der Waals surface area contributed by atoms with Crippen LogP contribution in [0.15, 0.2) is 36.5 Å². The van der Waals surface area contributed by atoms with Gasteiger partial charge in [0.25, 0.3) is 5.91 Å². The molecule has 0 radical (unpaired) electrons. The summed E-state index contributed by atoms with van der Waals surface area (Å²) in [5.74, 6) is -0.150. The van der Waals surface area contributed by atoms with Crippen molar-refractivity contribution in [3.63, 3.8) is 0 Å². The summed E-state index contributed by atoms with van der Waals surface area (Å²) in [6.45, 7) is 5.15. The Kier molecular flexibility index (Phi) is 5.54. The molecule has 5 heteroatoms. The third kappa shape index (κ3) is 4.38. The van der Waals surface area contributed by atoms with Gasteiger partial charge in [-0.1, -0.05) is 25.0 Å². The summed E-state index contributed by atoms with van der Waals surface area (Å²) in [6.07, 6.45) is 6.84. The summed E-state index contributed by atoms with van der Waals surface area (Å²) < 4.78 is 0. The molecule has 5 nitrogen and oxygen atoms in total. The average molecular weight is 324 g/mol. The molecule has 0 bridgehead atoms. The van der Waals surface area contributed by atoms with Gasteiger partial charge in [-0.05, 0) is 56.6 Å². The fourth-order valence-corrected chi connectivity index (χ4v) is 3.09. The molecule has 0 aliphatic carbocycles. The number of anilines is 1. The topological polar surface area (TPSA) is 58.1 Å². The number of aryl methyl sites for hydroxylation is 1. The molecule has 24 heavy (non-hydrogen) atoms. The van der Waals surface area contributed by atoms with Crippen LogP contribution in [0.3, 0.4) is 0 Å². The molecule has 3 rings (SSSR count). The minimum absolute atomic E-state index is 0.150. The summed E-state index contributed by atoms with van der Waals surface area (Å²) in [7, 11) is 0. The molecule has 1 N–H and O–H groups in total. The molecule has 1 saturated heterocycles. The van der Waals surface area contributed by atoms with Crippen LogP contribution in [0.5, 0.6) is 0 Å². The first-order valence-corrected chi connectivity index (χ1v) is 8.63. The SMILES string of the molecule is Cc1nnccc1C(=O)Nc1ccc(CN2CCCCCC2)cc1. The van der Waals surface area contributed by atoms with Gasteiger partial charge in [-0.25, -0.2) is 0 Å². The van der Waals surface area contributed by atoms with Gasteiger partial charge in [0.05, 0.1) is 17.5 Å². The molecule has 1 aromatic carbocycles. The summed E-state index contributed by atoms with van der Waals surface area (Å²) in [5, 5.41) is 10.6. The van der Waals surface area contributed by atoms with E-state index in [-0.39, 0.29) is 5.91 Å². The van der Waals surface area contributed by atoms with Gasteiger partial charge in [0.2, 0.25) is 0 Å². The highest BCUT2D eigenvalue weighted by Gasteiger charge is 2.11. The van der Waals surface area contributed by atoms with Gasteiger partial charge in [-0.3, -0.25) is 9.69 Å². The number of nitrogens with one attached hydrogen (secondary N) is 1. The number of carbonyl (C=O) groups is 1. The second-order valence-corrected chi connectivity index (χ2v) is 6.37. The molecule has 1 aromatic heterocycles. The Bertz CT molecular complexity index is 676. The highest BCUT2D eigenvalue weighted by Crippen LogP contribution is 2.16. The first-order chi connectivity index (χ1) is 11.7. The maximum Gasteiger partial charge on any atom is 0.257 e. The van der Waals surface area contributed by atoms with Crippen LogP contribution in [-0.4, -0.2) is 34.1 Å². The van der Waals surface area contributed by atoms with Gasteiger partial charge < -0.3 is 5.32 Å². The van der Waals surface area contributed by atoms with Gasteiger partial charge in [0.15, 0.2) is 0 Å². The zero-order chi connectivity index (χ0) is 16.8. The van der Waals surface area contributed by atoms with Crippen molar-refractivity contribution in [1.29, 1.82) is 0 Å². The quantitative estimate of drug-likeness (QED) is 0.936. The van der Waals surface area contributed by atoms with Gasteiger partial charge in [0, 0.05) is 12.2 Å². The van der Waals surface area contributed by atoms with Gasteiger partial charge in [0.1, 0.15) is 0 Å². The van der Waals surface area contributed by atoms with E-state index in [1.807, 2.05) is 12.1 Å². The number of benzene rings is 1. The van der Waals surface area contributed by atoms with Crippen LogP contribution < -0.4 is 5.32 Å². The minimum atomic E-state index is -0.150. The lowest BCUT2D eigenvalue weighted by atomic mass is 10.1. The third-order valence-electron chi connectivity index (χ3n) is 4.47. The highest BCUT2D eigenvalue weighted by molar-refractivity contribution is 6.04. The van der Waals surface area contributed by atoms with E-state index in [1.54, 1.807) is 13.0 Å². The fraction of sp³-hybridized carbons (Fsp3) is 0.421. The van der Waals surface area contributed by atoms with Gasteiger partial charge in [-0.15, -0.1) is 0 Å². The van der Waals surface area contributed by atoms with E-state index in [9.17, 15) is 4.79 Å². The molecule has 1 aliphatic heterocycles. The van der Waals surface area contributed by atoms with Gasteiger partial charge in [-0.2, -0.15) is 10.2 Å². The standard InChI is InChI=1S/C19H24N4O/c1-15-18(10-11-20-22-15)19(24)21-17-8-6-16(7-9-17)14-23-12-4-2-3-5-13-23/h6-11H,2-5,12-14H2,1H3,(H,21,24). The van der Waals surface area contributed by atoms with E-state index in [1.165, 1.54) is 50.5 Å². The lowest BCUT2D eigenvalue weighted by Gasteiger charge is -2.19. The van der Waals surface area contributed by atoms with Crippen molar-refractivity contribution in [2.24, 2.45) is 0 Å². The van der Waals surface area contributed by atoms with Crippen LogP contribution in [0.2, 0.25) is 0 Å².